The molecule has 4 heterocycles. The van der Waals surface area contributed by atoms with Gasteiger partial charge in [0.2, 0.25) is 0 Å². The van der Waals surface area contributed by atoms with E-state index in [4.69, 9.17) is 5.11 Å². The highest BCUT2D eigenvalue weighted by atomic mass is 32.1. The van der Waals surface area contributed by atoms with Gasteiger partial charge in [-0.15, -0.1) is 11.3 Å². The van der Waals surface area contributed by atoms with Gasteiger partial charge in [0.15, 0.2) is 5.82 Å². The van der Waals surface area contributed by atoms with E-state index in [1.807, 2.05) is 18.3 Å². The van der Waals surface area contributed by atoms with Crippen LogP contribution in [-0.2, 0) is 7.05 Å². The average molecular weight is 373 g/mol. The zero-order valence-electron chi connectivity index (χ0n) is 14.4. The van der Waals surface area contributed by atoms with Gasteiger partial charge in [-0.05, 0) is 43.1 Å². The van der Waals surface area contributed by atoms with Crippen LogP contribution in [0.25, 0.3) is 31.6 Å². The highest BCUT2D eigenvalue weighted by Crippen LogP contribution is 2.34. The summed E-state index contributed by atoms with van der Waals surface area (Å²) in [6.07, 6.45) is 5.62. The zero-order chi connectivity index (χ0) is 18.1. The van der Waals surface area contributed by atoms with E-state index in [9.17, 15) is 4.39 Å². The molecule has 136 valence electrons. The molecule has 1 unspecified atom stereocenters. The number of aromatic amines is 1. The molecule has 1 aliphatic heterocycles. The summed E-state index contributed by atoms with van der Waals surface area (Å²) in [5.74, 6) is -0.289. The molecular formula is C18H20FN5OS. The van der Waals surface area contributed by atoms with Crippen molar-refractivity contribution in [3.8, 4) is 10.4 Å². The average Bonchev–Trinajstić information content (AvgIpc) is 3.29. The number of aliphatic hydroxyl groups excluding tert-OH is 1. The summed E-state index contributed by atoms with van der Waals surface area (Å²) in [5, 5.41) is 24.8. The number of aromatic nitrogens is 4. The largest absolute Gasteiger partial charge is 0.392 e. The van der Waals surface area contributed by atoms with E-state index in [0.717, 1.165) is 52.0 Å². The first kappa shape index (κ1) is 17.1. The second-order valence-corrected chi connectivity index (χ2v) is 7.52. The summed E-state index contributed by atoms with van der Waals surface area (Å²) in [6.45, 7) is 1.87. The number of thiophene rings is 1. The first-order valence-electron chi connectivity index (χ1n) is 8.55. The first-order valence-corrected chi connectivity index (χ1v) is 9.37. The van der Waals surface area contributed by atoms with E-state index in [0.29, 0.717) is 5.52 Å². The number of hydrogen-bond donors (Lipinski definition) is 3. The van der Waals surface area contributed by atoms with Crippen molar-refractivity contribution in [2.24, 2.45) is 7.05 Å². The number of H-pyrrole nitrogens is 1. The van der Waals surface area contributed by atoms with Crippen LogP contribution < -0.4 is 5.32 Å². The normalized spacial score (nSPS) is 17.4. The number of aliphatic hydroxyl groups is 1. The van der Waals surface area contributed by atoms with E-state index in [-0.39, 0.29) is 11.9 Å². The van der Waals surface area contributed by atoms with Crippen LogP contribution in [0.4, 0.5) is 4.39 Å². The van der Waals surface area contributed by atoms with Gasteiger partial charge in [0, 0.05) is 35.4 Å². The third-order valence-electron chi connectivity index (χ3n) is 4.36. The highest BCUT2D eigenvalue weighted by molar-refractivity contribution is 7.21. The zero-order valence-corrected chi connectivity index (χ0v) is 15.2. The number of piperidine rings is 1. The number of β-amino-alcohol motifs (C(OH)–C–C–N with tert-alkyl or cyclic N) is 1. The van der Waals surface area contributed by atoms with Crippen molar-refractivity contribution in [2.45, 2.75) is 18.9 Å². The fraction of sp³-hybridized carbons (Fsp3) is 0.333. The molecule has 5 rings (SSSR count). The minimum atomic E-state index is -0.289. The Morgan fingerprint density at radius 2 is 2.19 bits per heavy atom. The number of nitrogens with zero attached hydrogens (tertiary/aromatic N) is 3. The molecule has 1 atom stereocenters. The van der Waals surface area contributed by atoms with Gasteiger partial charge in [-0.3, -0.25) is 9.78 Å². The Kier molecular flexibility index (Phi) is 4.71. The van der Waals surface area contributed by atoms with Crippen LogP contribution in [0.3, 0.4) is 0 Å². The van der Waals surface area contributed by atoms with Gasteiger partial charge in [-0.2, -0.15) is 10.2 Å². The minimum Gasteiger partial charge on any atom is -0.392 e. The van der Waals surface area contributed by atoms with Gasteiger partial charge in [0.05, 0.1) is 12.3 Å². The van der Waals surface area contributed by atoms with E-state index in [2.05, 4.69) is 20.6 Å². The molecule has 1 aliphatic rings. The monoisotopic (exact) mass is 373 g/mol. The van der Waals surface area contributed by atoms with Crippen molar-refractivity contribution in [1.82, 2.24) is 25.3 Å². The Balaban J connectivity index is 0.000000204. The number of benzene rings is 1. The second kappa shape index (κ2) is 7.14. The number of halogens is 1. The lowest BCUT2D eigenvalue weighted by molar-refractivity contribution is 0.142. The Morgan fingerprint density at radius 1 is 1.31 bits per heavy atom. The van der Waals surface area contributed by atoms with Gasteiger partial charge >= 0.3 is 0 Å². The molecule has 0 bridgehead atoms. The molecular weight excluding hydrogens is 353 g/mol. The predicted molar refractivity (Wildman–Crippen MR) is 102 cm³/mol. The van der Waals surface area contributed by atoms with Crippen LogP contribution >= 0.6 is 11.3 Å². The number of nitrogens with one attached hydrogen (secondary N) is 2. The molecule has 0 amide bonds. The molecule has 1 aromatic carbocycles. The first-order chi connectivity index (χ1) is 12.6. The van der Waals surface area contributed by atoms with Crippen LogP contribution in [0.5, 0.6) is 0 Å². The smallest absolute Gasteiger partial charge is 0.151 e. The molecule has 1 saturated heterocycles. The maximum absolute atomic E-state index is 14.0. The van der Waals surface area contributed by atoms with Crippen molar-refractivity contribution in [1.29, 1.82) is 0 Å². The highest BCUT2D eigenvalue weighted by Gasteiger charge is 2.11. The van der Waals surface area contributed by atoms with Crippen molar-refractivity contribution in [3.05, 3.63) is 36.4 Å². The lowest BCUT2D eigenvalue weighted by atomic mass is 10.1. The van der Waals surface area contributed by atoms with Crippen molar-refractivity contribution < 1.29 is 9.50 Å². The van der Waals surface area contributed by atoms with Gasteiger partial charge in [-0.1, -0.05) is 0 Å². The molecule has 3 N–H and O–H groups in total. The van der Waals surface area contributed by atoms with Crippen LogP contribution in [0.15, 0.2) is 30.6 Å². The molecule has 0 radical (unpaired) electrons. The lowest BCUT2D eigenvalue weighted by Gasteiger charge is -2.16. The molecule has 4 aromatic rings. The Labute approximate surface area is 153 Å². The second-order valence-electron chi connectivity index (χ2n) is 6.46. The summed E-state index contributed by atoms with van der Waals surface area (Å²) in [5.41, 5.74) is 1.28. The minimum absolute atomic E-state index is 0.0752. The maximum atomic E-state index is 14.0. The van der Waals surface area contributed by atoms with Crippen LogP contribution in [0, 0.1) is 5.82 Å². The molecule has 6 nitrogen and oxygen atoms in total. The Morgan fingerprint density at radius 3 is 2.88 bits per heavy atom. The summed E-state index contributed by atoms with van der Waals surface area (Å²) >= 11 is 1.57. The van der Waals surface area contributed by atoms with Gasteiger partial charge < -0.3 is 10.4 Å². The lowest BCUT2D eigenvalue weighted by Crippen LogP contribution is -2.33. The quantitative estimate of drug-likeness (QED) is 0.479. The van der Waals surface area contributed by atoms with E-state index in [1.165, 1.54) is 6.07 Å². The summed E-state index contributed by atoms with van der Waals surface area (Å²) < 4.78 is 15.7. The molecule has 1 fully saturated rings. The number of rotatable bonds is 1. The summed E-state index contributed by atoms with van der Waals surface area (Å²) in [4.78, 5) is 2.02. The van der Waals surface area contributed by atoms with Crippen LogP contribution in [0.1, 0.15) is 12.8 Å². The standard InChI is InChI=1S/C13H9FN4S.C5H11NO/c1-18-6-9-2-7(3-10(14)12(9)17-18)11-4-8-5-15-16-13(8)19-11;7-5-2-1-3-6-4-5/h2-6H,1H3,(H,15,16);5-7H,1-4H2. The number of hydrogen-bond acceptors (Lipinski definition) is 5. The molecule has 26 heavy (non-hydrogen) atoms. The van der Waals surface area contributed by atoms with Gasteiger partial charge in [0.25, 0.3) is 0 Å². The fourth-order valence-electron chi connectivity index (χ4n) is 3.08. The van der Waals surface area contributed by atoms with E-state index in [1.54, 1.807) is 29.3 Å². The van der Waals surface area contributed by atoms with Crippen LogP contribution in [-0.4, -0.2) is 44.3 Å². The van der Waals surface area contributed by atoms with Crippen molar-refractivity contribution in [3.63, 3.8) is 0 Å². The van der Waals surface area contributed by atoms with Crippen molar-refractivity contribution in [2.75, 3.05) is 13.1 Å². The topological polar surface area (TPSA) is 78.8 Å². The third kappa shape index (κ3) is 3.48. The van der Waals surface area contributed by atoms with E-state index >= 15 is 0 Å². The SMILES string of the molecule is Cn1cc2cc(-c3cc4cn[nH]c4s3)cc(F)c2n1.OC1CCCNC1. The van der Waals surface area contributed by atoms with Crippen LogP contribution in [0.2, 0.25) is 0 Å². The summed E-state index contributed by atoms with van der Waals surface area (Å²) in [7, 11) is 1.79. The van der Waals surface area contributed by atoms with Crippen molar-refractivity contribution >= 4 is 32.5 Å². The molecule has 0 spiro atoms. The van der Waals surface area contributed by atoms with Gasteiger partial charge in [-0.25, -0.2) is 4.39 Å². The predicted octanol–water partition coefficient (Wildman–Crippen LogP) is 3.05. The maximum Gasteiger partial charge on any atom is 0.151 e. The summed E-state index contributed by atoms with van der Waals surface area (Å²) in [6, 6.07) is 5.51. The molecule has 0 aliphatic carbocycles. The molecule has 3 aromatic heterocycles. The third-order valence-corrected chi connectivity index (χ3v) is 5.47. The number of aryl methyl sites for hydroxylation is 1. The Hall–Kier alpha value is -2.29. The Bertz CT molecular complexity index is 1000. The van der Waals surface area contributed by atoms with E-state index < -0.39 is 0 Å². The fourth-order valence-corrected chi connectivity index (χ4v) is 4.05. The number of fused-ring (bicyclic) bond motifs is 2. The molecule has 0 saturated carbocycles. The van der Waals surface area contributed by atoms with Gasteiger partial charge in [0.1, 0.15) is 10.3 Å². The molecule has 8 heteroatoms.